The van der Waals surface area contributed by atoms with E-state index in [0.717, 1.165) is 50.7 Å². The summed E-state index contributed by atoms with van der Waals surface area (Å²) in [6, 6.07) is 8.34. The molecule has 0 spiro atoms. The molecule has 4 heteroatoms. The van der Waals surface area contributed by atoms with Crippen LogP contribution in [0.5, 0.6) is 0 Å². The van der Waals surface area contributed by atoms with Crippen LogP contribution in [0.1, 0.15) is 31.2 Å². The van der Waals surface area contributed by atoms with Crippen LogP contribution in [0.15, 0.2) is 24.3 Å². The summed E-state index contributed by atoms with van der Waals surface area (Å²) in [4.78, 5) is 17.1. The van der Waals surface area contributed by atoms with Gasteiger partial charge >= 0.3 is 0 Å². The molecule has 1 N–H and O–H groups in total. The summed E-state index contributed by atoms with van der Waals surface area (Å²) in [5.74, 6) is 1.01. The van der Waals surface area contributed by atoms with E-state index in [4.69, 9.17) is 0 Å². The molecule has 120 valence electrons. The van der Waals surface area contributed by atoms with Gasteiger partial charge in [0, 0.05) is 31.7 Å². The van der Waals surface area contributed by atoms with E-state index in [-0.39, 0.29) is 0 Å². The highest BCUT2D eigenvalue weighted by atomic mass is 16.2. The number of nitrogens with zero attached hydrogens (tertiary/aromatic N) is 2. The lowest BCUT2D eigenvalue weighted by molar-refractivity contribution is -0.119. The van der Waals surface area contributed by atoms with Crippen LogP contribution >= 0.6 is 0 Å². The zero-order chi connectivity index (χ0) is 15.4. The highest BCUT2D eigenvalue weighted by Crippen LogP contribution is 2.26. The fourth-order valence-electron chi connectivity index (χ4n) is 3.56. The van der Waals surface area contributed by atoms with Crippen molar-refractivity contribution in [2.45, 2.75) is 32.2 Å². The van der Waals surface area contributed by atoms with E-state index in [0.29, 0.717) is 12.3 Å². The number of para-hydroxylation sites is 1. The van der Waals surface area contributed by atoms with Gasteiger partial charge in [-0.3, -0.25) is 4.79 Å². The fourth-order valence-corrected chi connectivity index (χ4v) is 3.56. The second kappa shape index (κ2) is 7.25. The summed E-state index contributed by atoms with van der Waals surface area (Å²) < 4.78 is 0. The molecule has 2 aliphatic rings. The summed E-state index contributed by atoms with van der Waals surface area (Å²) in [6.07, 6.45) is 4.15. The lowest BCUT2D eigenvalue weighted by Crippen LogP contribution is -2.35. The number of hydrogen-bond donors (Lipinski definition) is 1. The number of hydrogen-bond acceptors (Lipinski definition) is 3. The van der Waals surface area contributed by atoms with E-state index in [9.17, 15) is 4.79 Å². The summed E-state index contributed by atoms with van der Waals surface area (Å²) in [6.45, 7) is 4.88. The van der Waals surface area contributed by atoms with Crippen molar-refractivity contribution in [1.82, 2.24) is 10.2 Å². The molecule has 22 heavy (non-hydrogen) atoms. The minimum absolute atomic E-state index is 0.293. The number of carbonyl (C=O) groups excluding carboxylic acids is 1. The number of nitrogens with one attached hydrogen (secondary N) is 1. The zero-order valence-electron chi connectivity index (χ0n) is 13.6. The zero-order valence-corrected chi connectivity index (χ0v) is 13.6. The molecule has 0 aromatic heterocycles. The van der Waals surface area contributed by atoms with Crippen LogP contribution in [0.25, 0.3) is 0 Å². The molecular weight excluding hydrogens is 274 g/mol. The Morgan fingerprint density at radius 2 is 2.00 bits per heavy atom. The molecule has 2 aliphatic heterocycles. The van der Waals surface area contributed by atoms with Crippen LogP contribution in [0.4, 0.5) is 5.69 Å². The molecule has 1 saturated heterocycles. The van der Waals surface area contributed by atoms with Crippen molar-refractivity contribution in [2.75, 3.05) is 38.1 Å². The molecule has 1 fully saturated rings. The standard InChI is InChI=1S/C18H27N3O/c1-20-12-13-21(17-5-3-2-4-16(17)14-20)18(22)7-6-15-8-10-19-11-9-15/h2-5,15,19H,6-14H2,1H3. The number of amides is 1. The lowest BCUT2D eigenvalue weighted by Gasteiger charge is -2.25. The second-order valence-electron chi connectivity index (χ2n) is 6.64. The van der Waals surface area contributed by atoms with E-state index in [1.807, 2.05) is 11.0 Å². The van der Waals surface area contributed by atoms with Gasteiger partial charge in [-0.05, 0) is 56.9 Å². The minimum atomic E-state index is 0.293. The third-order valence-corrected chi connectivity index (χ3v) is 4.95. The van der Waals surface area contributed by atoms with Gasteiger partial charge in [-0.2, -0.15) is 0 Å². The molecule has 1 aromatic carbocycles. The van der Waals surface area contributed by atoms with Gasteiger partial charge in [-0.25, -0.2) is 0 Å². The Morgan fingerprint density at radius 3 is 2.82 bits per heavy atom. The maximum Gasteiger partial charge on any atom is 0.227 e. The first-order chi connectivity index (χ1) is 10.7. The molecule has 1 aromatic rings. The van der Waals surface area contributed by atoms with E-state index in [2.05, 4.69) is 35.5 Å². The molecule has 0 unspecified atom stereocenters. The van der Waals surface area contributed by atoms with E-state index in [1.54, 1.807) is 0 Å². The molecule has 1 amide bonds. The molecule has 0 atom stereocenters. The summed E-state index contributed by atoms with van der Waals surface area (Å²) >= 11 is 0. The van der Waals surface area contributed by atoms with Crippen molar-refractivity contribution in [2.24, 2.45) is 5.92 Å². The van der Waals surface area contributed by atoms with Crippen LogP contribution in [0.2, 0.25) is 0 Å². The SMILES string of the molecule is CN1CCN(C(=O)CCC2CCNCC2)c2ccccc2C1. The average molecular weight is 301 g/mol. The third kappa shape index (κ3) is 3.68. The van der Waals surface area contributed by atoms with Gasteiger partial charge in [-0.1, -0.05) is 18.2 Å². The predicted molar refractivity (Wildman–Crippen MR) is 90.0 cm³/mol. The van der Waals surface area contributed by atoms with Crippen LogP contribution in [0, 0.1) is 5.92 Å². The van der Waals surface area contributed by atoms with Crippen LogP contribution in [0.3, 0.4) is 0 Å². The molecule has 0 aliphatic carbocycles. The van der Waals surface area contributed by atoms with Crippen LogP contribution in [-0.2, 0) is 11.3 Å². The summed E-state index contributed by atoms with van der Waals surface area (Å²) in [5, 5.41) is 3.39. The second-order valence-corrected chi connectivity index (χ2v) is 6.64. The molecule has 2 heterocycles. The monoisotopic (exact) mass is 301 g/mol. The number of carbonyl (C=O) groups is 1. The van der Waals surface area contributed by atoms with Crippen LogP contribution in [-0.4, -0.2) is 44.0 Å². The fraction of sp³-hybridized carbons (Fsp3) is 0.611. The molecule has 3 rings (SSSR count). The number of piperidine rings is 1. The molecule has 0 radical (unpaired) electrons. The van der Waals surface area contributed by atoms with Crippen molar-refractivity contribution < 1.29 is 4.79 Å². The van der Waals surface area contributed by atoms with Crippen molar-refractivity contribution in [3.05, 3.63) is 29.8 Å². The molecule has 4 nitrogen and oxygen atoms in total. The summed E-state index contributed by atoms with van der Waals surface area (Å²) in [5.41, 5.74) is 2.37. The Hall–Kier alpha value is -1.39. The molecule has 0 bridgehead atoms. The minimum Gasteiger partial charge on any atom is -0.317 e. The van der Waals surface area contributed by atoms with Gasteiger partial charge in [0.05, 0.1) is 0 Å². The topological polar surface area (TPSA) is 35.6 Å². The van der Waals surface area contributed by atoms with Crippen LogP contribution < -0.4 is 10.2 Å². The Kier molecular flexibility index (Phi) is 5.11. The normalized spacial score (nSPS) is 20.5. The van der Waals surface area contributed by atoms with E-state index >= 15 is 0 Å². The number of benzene rings is 1. The van der Waals surface area contributed by atoms with Crippen molar-refractivity contribution >= 4 is 11.6 Å². The van der Waals surface area contributed by atoms with Gasteiger partial charge < -0.3 is 15.1 Å². The third-order valence-electron chi connectivity index (χ3n) is 4.95. The van der Waals surface area contributed by atoms with Crippen molar-refractivity contribution in [3.63, 3.8) is 0 Å². The predicted octanol–water partition coefficient (Wildman–Crippen LogP) is 2.24. The molecular formula is C18H27N3O. The quantitative estimate of drug-likeness (QED) is 0.930. The lowest BCUT2D eigenvalue weighted by atomic mass is 9.93. The molecule has 0 saturated carbocycles. The maximum atomic E-state index is 12.8. The van der Waals surface area contributed by atoms with Crippen molar-refractivity contribution in [1.29, 1.82) is 0 Å². The Bertz CT molecular complexity index is 511. The van der Waals surface area contributed by atoms with Gasteiger partial charge in [-0.15, -0.1) is 0 Å². The van der Waals surface area contributed by atoms with E-state index < -0.39 is 0 Å². The first kappa shape index (κ1) is 15.5. The number of fused-ring (bicyclic) bond motifs is 1. The number of anilines is 1. The number of rotatable bonds is 3. The van der Waals surface area contributed by atoms with Gasteiger partial charge in [0.1, 0.15) is 0 Å². The van der Waals surface area contributed by atoms with Gasteiger partial charge in [0.15, 0.2) is 0 Å². The average Bonchev–Trinajstić information content (AvgIpc) is 2.72. The Balaban J connectivity index is 1.66. The number of likely N-dealkylation sites (N-methyl/N-ethyl adjacent to an activating group) is 1. The first-order valence-electron chi connectivity index (χ1n) is 8.51. The first-order valence-corrected chi connectivity index (χ1v) is 8.51. The Labute approximate surface area is 133 Å². The largest absolute Gasteiger partial charge is 0.317 e. The Morgan fingerprint density at radius 1 is 1.23 bits per heavy atom. The van der Waals surface area contributed by atoms with Gasteiger partial charge in [0.25, 0.3) is 0 Å². The van der Waals surface area contributed by atoms with E-state index in [1.165, 1.54) is 18.4 Å². The highest BCUT2D eigenvalue weighted by Gasteiger charge is 2.23. The van der Waals surface area contributed by atoms with Gasteiger partial charge in [0.2, 0.25) is 5.91 Å². The maximum absolute atomic E-state index is 12.8. The highest BCUT2D eigenvalue weighted by molar-refractivity contribution is 5.94. The smallest absolute Gasteiger partial charge is 0.227 e. The van der Waals surface area contributed by atoms with Crippen molar-refractivity contribution in [3.8, 4) is 0 Å². The summed E-state index contributed by atoms with van der Waals surface area (Å²) in [7, 11) is 2.12.